The molecule has 1 aromatic carbocycles. The maximum Gasteiger partial charge on any atom is 0.402 e. The molecule has 122 valence electrons. The van der Waals surface area contributed by atoms with Gasteiger partial charge in [0.1, 0.15) is 11.2 Å². The number of hydrogen-bond acceptors (Lipinski definition) is 2. The molecule has 2 heterocycles. The smallest absolute Gasteiger partial charge is 0.262 e. The predicted molar refractivity (Wildman–Crippen MR) is 80.4 cm³/mol. The monoisotopic (exact) mass is 344 g/mol. The average molecular weight is 345 g/mol. The first-order valence-electron chi connectivity index (χ1n) is 7.10. The minimum Gasteiger partial charge on any atom is -0.262 e. The average Bonchev–Trinajstić information content (AvgIpc) is 2.50. The van der Waals surface area contributed by atoms with E-state index in [0.717, 1.165) is 16.6 Å². The van der Waals surface area contributed by atoms with Crippen molar-refractivity contribution in [2.75, 3.05) is 4.42 Å². The Bertz CT molecular complexity index is 747. The third-order valence-electron chi connectivity index (χ3n) is 4.21. The SMILES string of the molecule is CCCC1(C(F)(F)F)c2ccncc2N(Cl)c2ccc(F)cc21. The maximum absolute atomic E-state index is 14.2. The molecule has 0 bridgehead atoms. The molecule has 0 amide bonds. The minimum atomic E-state index is -4.60. The molecule has 0 saturated heterocycles. The van der Waals surface area contributed by atoms with E-state index in [1.165, 1.54) is 24.5 Å². The van der Waals surface area contributed by atoms with E-state index in [9.17, 15) is 17.6 Å². The molecule has 3 rings (SSSR count). The molecule has 0 radical (unpaired) electrons. The molecule has 0 aliphatic carbocycles. The fraction of sp³-hybridized carbons (Fsp3) is 0.312. The lowest BCUT2D eigenvalue weighted by atomic mass is 9.68. The van der Waals surface area contributed by atoms with Gasteiger partial charge in [-0.1, -0.05) is 13.3 Å². The zero-order chi connectivity index (χ0) is 16.8. The van der Waals surface area contributed by atoms with Crippen LogP contribution in [-0.2, 0) is 5.41 Å². The normalized spacial score (nSPS) is 20.2. The van der Waals surface area contributed by atoms with Crippen LogP contribution in [-0.4, -0.2) is 11.2 Å². The summed E-state index contributed by atoms with van der Waals surface area (Å²) < 4.78 is 57.4. The van der Waals surface area contributed by atoms with Crippen molar-refractivity contribution in [3.63, 3.8) is 0 Å². The van der Waals surface area contributed by atoms with Crippen molar-refractivity contribution >= 4 is 23.2 Å². The van der Waals surface area contributed by atoms with Gasteiger partial charge in [-0.2, -0.15) is 13.2 Å². The van der Waals surface area contributed by atoms with E-state index >= 15 is 0 Å². The second-order valence-corrected chi connectivity index (χ2v) is 5.83. The van der Waals surface area contributed by atoms with Crippen molar-refractivity contribution in [2.24, 2.45) is 0 Å². The Labute approximate surface area is 135 Å². The van der Waals surface area contributed by atoms with Gasteiger partial charge >= 0.3 is 6.18 Å². The molecule has 0 saturated carbocycles. The number of pyridine rings is 1. The highest BCUT2D eigenvalue weighted by atomic mass is 35.5. The Balaban J connectivity index is 2.43. The van der Waals surface area contributed by atoms with Gasteiger partial charge in [0, 0.05) is 18.0 Å². The van der Waals surface area contributed by atoms with Crippen molar-refractivity contribution in [3.05, 3.63) is 53.6 Å². The van der Waals surface area contributed by atoms with E-state index in [2.05, 4.69) is 4.98 Å². The number of nitrogens with zero attached hydrogens (tertiary/aromatic N) is 2. The third kappa shape index (κ3) is 2.19. The van der Waals surface area contributed by atoms with Gasteiger partial charge in [-0.25, -0.2) is 4.39 Å². The highest BCUT2D eigenvalue weighted by Gasteiger charge is 2.60. The molecule has 23 heavy (non-hydrogen) atoms. The predicted octanol–water partition coefficient (Wildman–Crippen LogP) is 5.47. The standard InChI is InChI=1S/C16H13ClF4N2/c1-2-6-15(16(19,20)21)11-5-7-22-9-14(11)23(17)13-4-3-10(18)8-12(13)15/h3-5,7-9H,2,6H2,1H3. The number of anilines is 2. The molecular formula is C16H13ClF4N2. The van der Waals surface area contributed by atoms with E-state index in [1.54, 1.807) is 6.92 Å². The van der Waals surface area contributed by atoms with Crippen LogP contribution in [0, 0.1) is 5.82 Å². The summed E-state index contributed by atoms with van der Waals surface area (Å²) in [6.45, 7) is 1.67. The van der Waals surface area contributed by atoms with Gasteiger partial charge in [-0.05, 0) is 41.8 Å². The van der Waals surface area contributed by atoms with Gasteiger partial charge in [-0.3, -0.25) is 9.40 Å². The summed E-state index contributed by atoms with van der Waals surface area (Å²) in [4.78, 5) is 3.88. The van der Waals surface area contributed by atoms with E-state index in [0.29, 0.717) is 0 Å². The summed E-state index contributed by atoms with van der Waals surface area (Å²) in [5.41, 5.74) is -2.18. The number of hydrogen-bond donors (Lipinski definition) is 0. The van der Waals surface area contributed by atoms with Crippen molar-refractivity contribution in [3.8, 4) is 0 Å². The second kappa shape index (κ2) is 5.37. The summed E-state index contributed by atoms with van der Waals surface area (Å²) in [6.07, 6.45) is -1.93. The number of fused-ring (bicyclic) bond motifs is 2. The van der Waals surface area contributed by atoms with Crippen molar-refractivity contribution in [2.45, 2.75) is 31.4 Å². The van der Waals surface area contributed by atoms with Crippen LogP contribution < -0.4 is 4.42 Å². The summed E-state index contributed by atoms with van der Waals surface area (Å²) in [5.74, 6) is -0.726. The van der Waals surface area contributed by atoms with Crippen molar-refractivity contribution in [1.29, 1.82) is 0 Å². The van der Waals surface area contributed by atoms with Crippen LogP contribution in [0.1, 0.15) is 30.9 Å². The number of alkyl halides is 3. The Morgan fingerprint density at radius 2 is 1.91 bits per heavy atom. The van der Waals surface area contributed by atoms with Gasteiger partial charge < -0.3 is 0 Å². The Morgan fingerprint density at radius 3 is 2.57 bits per heavy atom. The fourth-order valence-electron chi connectivity index (χ4n) is 3.29. The highest BCUT2D eigenvalue weighted by Crippen LogP contribution is 2.58. The molecule has 1 atom stereocenters. The molecule has 1 unspecified atom stereocenters. The van der Waals surface area contributed by atoms with Gasteiger partial charge in [-0.15, -0.1) is 0 Å². The number of rotatable bonds is 2. The van der Waals surface area contributed by atoms with E-state index in [4.69, 9.17) is 11.8 Å². The van der Waals surface area contributed by atoms with Crippen LogP contribution in [0.25, 0.3) is 0 Å². The first-order valence-corrected chi connectivity index (χ1v) is 7.44. The lowest BCUT2D eigenvalue weighted by Gasteiger charge is -2.44. The van der Waals surface area contributed by atoms with Crippen LogP contribution in [0.5, 0.6) is 0 Å². The maximum atomic E-state index is 14.2. The topological polar surface area (TPSA) is 16.1 Å². The summed E-state index contributed by atoms with van der Waals surface area (Å²) in [7, 11) is 0. The number of aromatic nitrogens is 1. The van der Waals surface area contributed by atoms with Crippen LogP contribution in [0.3, 0.4) is 0 Å². The van der Waals surface area contributed by atoms with Crippen molar-refractivity contribution in [1.82, 2.24) is 4.98 Å². The molecule has 2 nitrogen and oxygen atoms in total. The van der Waals surface area contributed by atoms with E-state index < -0.39 is 17.4 Å². The van der Waals surface area contributed by atoms with E-state index in [-0.39, 0.29) is 35.3 Å². The zero-order valence-corrected chi connectivity index (χ0v) is 12.9. The molecule has 7 heteroatoms. The van der Waals surface area contributed by atoms with Crippen LogP contribution in [0.2, 0.25) is 0 Å². The lowest BCUT2D eigenvalue weighted by Crippen LogP contribution is -2.46. The van der Waals surface area contributed by atoms with E-state index in [1.807, 2.05) is 0 Å². The Morgan fingerprint density at radius 1 is 1.17 bits per heavy atom. The Hall–Kier alpha value is -1.82. The molecule has 0 N–H and O–H groups in total. The minimum absolute atomic E-state index is 0.00468. The first kappa shape index (κ1) is 16.1. The van der Waals surface area contributed by atoms with Crippen LogP contribution in [0.15, 0.2) is 36.7 Å². The molecule has 2 aromatic rings. The molecule has 1 aliphatic heterocycles. The zero-order valence-electron chi connectivity index (χ0n) is 12.2. The fourth-order valence-corrected chi connectivity index (χ4v) is 3.57. The molecule has 0 fully saturated rings. The molecule has 1 aromatic heterocycles. The van der Waals surface area contributed by atoms with Crippen LogP contribution >= 0.6 is 11.8 Å². The highest BCUT2D eigenvalue weighted by molar-refractivity contribution is 6.30. The van der Waals surface area contributed by atoms with Crippen LogP contribution in [0.4, 0.5) is 28.9 Å². The van der Waals surface area contributed by atoms with Crippen molar-refractivity contribution < 1.29 is 17.6 Å². The first-order chi connectivity index (χ1) is 10.8. The Kier molecular flexibility index (Phi) is 3.75. The largest absolute Gasteiger partial charge is 0.402 e. The quantitative estimate of drug-likeness (QED) is 0.530. The molecule has 0 spiro atoms. The second-order valence-electron chi connectivity index (χ2n) is 5.49. The number of halogens is 5. The van der Waals surface area contributed by atoms with Gasteiger partial charge in [0.2, 0.25) is 0 Å². The summed E-state index contributed by atoms with van der Waals surface area (Å²) >= 11 is 6.21. The van der Waals surface area contributed by atoms with Gasteiger partial charge in [0.25, 0.3) is 0 Å². The number of benzene rings is 1. The van der Waals surface area contributed by atoms with Gasteiger partial charge in [0.05, 0.1) is 17.6 Å². The summed E-state index contributed by atoms with van der Waals surface area (Å²) in [6, 6.07) is 4.60. The lowest BCUT2D eigenvalue weighted by molar-refractivity contribution is -0.180. The third-order valence-corrected chi connectivity index (χ3v) is 4.57. The van der Waals surface area contributed by atoms with Gasteiger partial charge in [0.15, 0.2) is 0 Å². The summed E-state index contributed by atoms with van der Waals surface area (Å²) in [5, 5.41) is 0. The molecular weight excluding hydrogens is 332 g/mol. The molecule has 1 aliphatic rings.